The van der Waals surface area contributed by atoms with Crippen LogP contribution in [-0.2, 0) is 6.54 Å². The monoisotopic (exact) mass is 582 g/mol. The Hall–Kier alpha value is -4.31. The molecule has 5 aromatic rings. The van der Waals surface area contributed by atoms with Crippen LogP contribution in [0.1, 0.15) is 60.8 Å². The number of imidazole rings is 2. The fourth-order valence-corrected chi connectivity index (χ4v) is 5.60. The molecule has 0 bridgehead atoms. The number of fused-ring (bicyclic) bond motifs is 1. The van der Waals surface area contributed by atoms with Crippen LogP contribution < -0.4 is 0 Å². The smallest absolute Gasteiger partial charge is 0.261 e. The molecule has 8 nitrogen and oxygen atoms in total. The van der Waals surface area contributed by atoms with E-state index in [9.17, 15) is 8.78 Å². The van der Waals surface area contributed by atoms with E-state index in [-0.39, 0.29) is 13.0 Å². The number of aryl methyl sites for hydroxylation is 2. The Balaban J connectivity index is 1.37. The van der Waals surface area contributed by atoms with Crippen molar-refractivity contribution in [3.63, 3.8) is 0 Å². The number of aromatic amines is 1. The Morgan fingerprint density at radius 2 is 1.91 bits per heavy atom. The summed E-state index contributed by atoms with van der Waals surface area (Å²) in [6.45, 7) is 7.53. The number of aliphatic imine (C=N–C) groups is 1. The van der Waals surface area contributed by atoms with Crippen LogP contribution in [0.3, 0.4) is 0 Å². The lowest BCUT2D eigenvalue weighted by molar-refractivity contribution is 0.0115. The Morgan fingerprint density at radius 1 is 1.05 bits per heavy atom. The fraction of sp³-hybridized carbons (Fsp3) is 0.364. The second-order valence-electron chi connectivity index (χ2n) is 11.4. The van der Waals surface area contributed by atoms with Crippen LogP contribution in [-0.4, -0.2) is 65.7 Å². The Morgan fingerprint density at radius 3 is 2.67 bits per heavy atom. The highest BCUT2D eigenvalue weighted by molar-refractivity contribution is 6.13. The summed E-state index contributed by atoms with van der Waals surface area (Å²) in [4.78, 5) is 28.7. The van der Waals surface area contributed by atoms with E-state index in [0.717, 1.165) is 75.2 Å². The molecular formula is C33H36F2N8. The van der Waals surface area contributed by atoms with Crippen molar-refractivity contribution < 1.29 is 8.78 Å². The third-order valence-electron chi connectivity index (χ3n) is 7.90. The number of alkyl halides is 2. The number of unbranched alkanes of at least 4 members (excludes halogenated alkanes) is 2. The maximum Gasteiger partial charge on any atom is 0.261 e. The summed E-state index contributed by atoms with van der Waals surface area (Å²) in [5, 5.41) is 0. The average Bonchev–Trinajstić information content (AvgIpc) is 3.71. The molecule has 222 valence electrons. The lowest BCUT2D eigenvalue weighted by atomic mass is 9.96. The normalized spacial score (nSPS) is 15.5. The van der Waals surface area contributed by atoms with Gasteiger partial charge in [-0.3, -0.25) is 19.9 Å². The third-order valence-corrected chi connectivity index (χ3v) is 7.90. The van der Waals surface area contributed by atoms with Gasteiger partial charge in [0.15, 0.2) is 5.82 Å². The fourth-order valence-electron chi connectivity index (χ4n) is 5.60. The number of pyridine rings is 2. The summed E-state index contributed by atoms with van der Waals surface area (Å²) in [6, 6.07) is 8.33. The predicted molar refractivity (Wildman–Crippen MR) is 165 cm³/mol. The molecule has 5 heterocycles. The van der Waals surface area contributed by atoms with Gasteiger partial charge in [-0.2, -0.15) is 0 Å². The number of aromatic nitrogens is 6. The summed E-state index contributed by atoms with van der Waals surface area (Å²) >= 11 is 0. The third kappa shape index (κ3) is 6.39. The molecule has 1 aliphatic rings. The molecule has 0 unspecified atom stereocenters. The molecule has 6 rings (SSSR count). The number of nitrogens with one attached hydrogen (secondary N) is 1. The number of rotatable bonds is 10. The van der Waals surface area contributed by atoms with Crippen molar-refractivity contribution in [2.24, 2.45) is 4.99 Å². The molecule has 43 heavy (non-hydrogen) atoms. The molecule has 10 heteroatoms. The van der Waals surface area contributed by atoms with Crippen LogP contribution in [0.5, 0.6) is 0 Å². The standard InChI is InChI=1S/C33H36F2N8/c1-4-5-6-10-38-30(32-40-28-16-37-17-29(31(28)41-32)43-18-23(3)39-21-43)27-13-25(8-7-22(27)2)26-12-24(14-36-15-26)19-42-11-9-33(34,35)20-42/h7-8,12-18,21H,4-6,9-11,19-20H2,1-3H3,(H,40,41). The van der Waals surface area contributed by atoms with Crippen molar-refractivity contribution in [2.45, 2.75) is 58.9 Å². The van der Waals surface area contributed by atoms with E-state index in [4.69, 9.17) is 9.98 Å². The topological polar surface area (TPSA) is 87.9 Å². The van der Waals surface area contributed by atoms with Gasteiger partial charge >= 0.3 is 0 Å². The number of likely N-dealkylation sites (tertiary alicyclic amines) is 1. The van der Waals surface area contributed by atoms with E-state index >= 15 is 0 Å². The van der Waals surface area contributed by atoms with Crippen molar-refractivity contribution in [2.75, 3.05) is 19.6 Å². The number of H-pyrrole nitrogens is 1. The second-order valence-corrected chi connectivity index (χ2v) is 11.4. The molecule has 4 aromatic heterocycles. The molecule has 0 atom stereocenters. The number of hydrogen-bond acceptors (Lipinski definition) is 6. The van der Waals surface area contributed by atoms with Gasteiger partial charge in [-0.25, -0.2) is 18.7 Å². The van der Waals surface area contributed by atoms with Gasteiger partial charge in [-0.1, -0.05) is 31.9 Å². The summed E-state index contributed by atoms with van der Waals surface area (Å²) in [6.07, 6.45) is 14.0. The van der Waals surface area contributed by atoms with Gasteiger partial charge in [0.1, 0.15) is 11.2 Å². The molecule has 1 N–H and O–H groups in total. The molecule has 0 spiro atoms. The molecule has 1 aliphatic heterocycles. The minimum absolute atomic E-state index is 0.0941. The lowest BCUT2D eigenvalue weighted by Gasteiger charge is -2.16. The van der Waals surface area contributed by atoms with Gasteiger partial charge in [0.25, 0.3) is 5.92 Å². The van der Waals surface area contributed by atoms with Crippen LogP contribution in [0.15, 0.2) is 66.6 Å². The zero-order valence-electron chi connectivity index (χ0n) is 24.8. The second kappa shape index (κ2) is 12.1. The highest BCUT2D eigenvalue weighted by Crippen LogP contribution is 2.30. The maximum atomic E-state index is 13.8. The number of halogens is 2. The number of hydrogen-bond donors (Lipinski definition) is 1. The molecule has 0 aliphatic carbocycles. The average molecular weight is 583 g/mol. The Bertz CT molecular complexity index is 1770. The van der Waals surface area contributed by atoms with Gasteiger partial charge in [0, 0.05) is 55.8 Å². The van der Waals surface area contributed by atoms with E-state index in [1.54, 1.807) is 29.8 Å². The van der Waals surface area contributed by atoms with Crippen LogP contribution in [0, 0.1) is 13.8 Å². The molecule has 0 saturated carbocycles. The first kappa shape index (κ1) is 28.8. The van der Waals surface area contributed by atoms with Crippen LogP contribution >= 0.6 is 0 Å². The van der Waals surface area contributed by atoms with Crippen molar-refractivity contribution >= 4 is 16.7 Å². The highest BCUT2D eigenvalue weighted by atomic mass is 19.3. The number of benzene rings is 1. The summed E-state index contributed by atoms with van der Waals surface area (Å²) in [5.74, 6) is -1.94. The molecule has 1 fully saturated rings. The van der Waals surface area contributed by atoms with Crippen molar-refractivity contribution in [3.05, 3.63) is 89.8 Å². The van der Waals surface area contributed by atoms with Crippen molar-refractivity contribution in [3.8, 4) is 16.8 Å². The molecular weight excluding hydrogens is 546 g/mol. The van der Waals surface area contributed by atoms with Gasteiger partial charge < -0.3 is 9.55 Å². The summed E-state index contributed by atoms with van der Waals surface area (Å²) in [7, 11) is 0. The summed E-state index contributed by atoms with van der Waals surface area (Å²) in [5.41, 5.74) is 9.04. The first-order chi connectivity index (χ1) is 20.8. The summed E-state index contributed by atoms with van der Waals surface area (Å²) < 4.78 is 29.5. The SMILES string of the molecule is CCCCCN=C(c1nc2c(-n3cnc(C)c3)cncc2[nH]1)c1cc(-c2cncc(CN3CCC(F)(F)C3)c2)ccc1C. The first-order valence-corrected chi connectivity index (χ1v) is 14.8. The van der Waals surface area contributed by atoms with Gasteiger partial charge in [-0.15, -0.1) is 0 Å². The van der Waals surface area contributed by atoms with E-state index in [1.807, 2.05) is 30.0 Å². The Labute approximate surface area is 250 Å². The minimum Gasteiger partial charge on any atom is -0.335 e. The van der Waals surface area contributed by atoms with Crippen molar-refractivity contribution in [1.29, 1.82) is 0 Å². The molecule has 1 aromatic carbocycles. The van der Waals surface area contributed by atoms with Gasteiger partial charge in [0.2, 0.25) is 0 Å². The quantitative estimate of drug-likeness (QED) is 0.146. The zero-order valence-corrected chi connectivity index (χ0v) is 24.8. The maximum absolute atomic E-state index is 13.8. The largest absolute Gasteiger partial charge is 0.335 e. The van der Waals surface area contributed by atoms with Gasteiger partial charge in [-0.05, 0) is 49.1 Å². The zero-order chi connectivity index (χ0) is 30.0. The molecule has 1 saturated heterocycles. The van der Waals surface area contributed by atoms with Crippen LogP contribution in [0.4, 0.5) is 8.78 Å². The molecule has 0 radical (unpaired) electrons. The van der Waals surface area contributed by atoms with E-state index < -0.39 is 5.92 Å². The highest BCUT2D eigenvalue weighted by Gasteiger charge is 2.37. The lowest BCUT2D eigenvalue weighted by Crippen LogP contribution is -2.24. The van der Waals surface area contributed by atoms with E-state index in [0.29, 0.717) is 25.5 Å². The van der Waals surface area contributed by atoms with Crippen LogP contribution in [0.2, 0.25) is 0 Å². The predicted octanol–water partition coefficient (Wildman–Crippen LogP) is 6.69. The first-order valence-electron chi connectivity index (χ1n) is 14.8. The minimum atomic E-state index is -2.62. The van der Waals surface area contributed by atoms with Crippen molar-refractivity contribution in [1.82, 2.24) is 34.4 Å². The van der Waals surface area contributed by atoms with E-state index in [2.05, 4.69) is 52.0 Å². The number of nitrogens with zero attached hydrogens (tertiary/aromatic N) is 7. The van der Waals surface area contributed by atoms with E-state index in [1.165, 1.54) is 0 Å². The van der Waals surface area contributed by atoms with Crippen LogP contribution in [0.25, 0.3) is 27.8 Å². The molecule has 0 amide bonds. The Kier molecular flexibility index (Phi) is 8.12. The van der Waals surface area contributed by atoms with Gasteiger partial charge in [0.05, 0.1) is 42.2 Å².